The summed E-state index contributed by atoms with van der Waals surface area (Å²) in [6.07, 6.45) is 3.72. The number of aromatic nitrogens is 2. The van der Waals surface area contributed by atoms with Crippen LogP contribution >= 0.6 is 0 Å². The first-order valence-electron chi connectivity index (χ1n) is 6.07. The Morgan fingerprint density at radius 1 is 1.44 bits per heavy atom. The SMILES string of the molecule is C=CCCCOc1cc(NN)nc(C(C)(C)C)n1. The fraction of sp³-hybridized carbons (Fsp3) is 0.538. The van der Waals surface area contributed by atoms with Gasteiger partial charge < -0.3 is 10.2 Å². The van der Waals surface area contributed by atoms with Gasteiger partial charge in [0.25, 0.3) is 0 Å². The Morgan fingerprint density at radius 3 is 2.72 bits per heavy atom. The van der Waals surface area contributed by atoms with Crippen LogP contribution in [0.1, 0.15) is 39.4 Å². The van der Waals surface area contributed by atoms with Gasteiger partial charge in [0.15, 0.2) is 0 Å². The summed E-state index contributed by atoms with van der Waals surface area (Å²) >= 11 is 0. The Bertz CT molecular complexity index is 398. The lowest BCUT2D eigenvalue weighted by Gasteiger charge is -2.18. The summed E-state index contributed by atoms with van der Waals surface area (Å²) in [6, 6.07) is 1.70. The number of hydrogen-bond acceptors (Lipinski definition) is 5. The molecule has 0 aromatic carbocycles. The van der Waals surface area contributed by atoms with E-state index in [1.807, 2.05) is 26.8 Å². The van der Waals surface area contributed by atoms with Gasteiger partial charge in [-0.2, -0.15) is 4.98 Å². The molecule has 3 N–H and O–H groups in total. The minimum absolute atomic E-state index is 0.147. The van der Waals surface area contributed by atoms with E-state index in [1.165, 1.54) is 0 Å². The fourth-order valence-electron chi connectivity index (χ4n) is 1.31. The molecule has 1 rings (SSSR count). The molecule has 0 spiro atoms. The molecule has 0 atom stereocenters. The quantitative estimate of drug-likeness (QED) is 0.351. The third kappa shape index (κ3) is 4.33. The number of unbranched alkanes of at least 4 members (excludes halogenated alkanes) is 1. The summed E-state index contributed by atoms with van der Waals surface area (Å²) in [7, 11) is 0. The lowest BCUT2D eigenvalue weighted by Crippen LogP contribution is -2.19. The van der Waals surface area contributed by atoms with Crippen molar-refractivity contribution in [2.75, 3.05) is 12.0 Å². The van der Waals surface area contributed by atoms with Gasteiger partial charge in [-0.25, -0.2) is 10.8 Å². The molecule has 1 heterocycles. The molecule has 1 aromatic rings. The molecule has 0 aliphatic heterocycles. The van der Waals surface area contributed by atoms with Crippen LogP contribution in [-0.2, 0) is 5.41 Å². The van der Waals surface area contributed by atoms with Crippen molar-refractivity contribution in [2.45, 2.75) is 39.0 Å². The van der Waals surface area contributed by atoms with Crippen LogP contribution in [-0.4, -0.2) is 16.6 Å². The van der Waals surface area contributed by atoms with Crippen LogP contribution in [0.25, 0.3) is 0 Å². The largest absolute Gasteiger partial charge is 0.478 e. The smallest absolute Gasteiger partial charge is 0.218 e. The zero-order valence-corrected chi connectivity index (χ0v) is 11.4. The van der Waals surface area contributed by atoms with Crippen molar-refractivity contribution in [3.8, 4) is 5.88 Å². The molecule has 0 aliphatic rings. The van der Waals surface area contributed by atoms with Crippen molar-refractivity contribution in [3.05, 3.63) is 24.5 Å². The van der Waals surface area contributed by atoms with Crippen molar-refractivity contribution in [2.24, 2.45) is 5.84 Å². The molecule has 0 unspecified atom stereocenters. The fourth-order valence-corrected chi connectivity index (χ4v) is 1.31. The number of anilines is 1. The van der Waals surface area contributed by atoms with Gasteiger partial charge in [0.2, 0.25) is 5.88 Å². The third-order valence-electron chi connectivity index (χ3n) is 2.32. The molecule has 5 heteroatoms. The second-order valence-corrected chi connectivity index (χ2v) is 5.09. The maximum atomic E-state index is 5.59. The zero-order valence-electron chi connectivity index (χ0n) is 11.4. The Balaban J connectivity index is 2.81. The highest BCUT2D eigenvalue weighted by atomic mass is 16.5. The van der Waals surface area contributed by atoms with Gasteiger partial charge in [-0.3, -0.25) is 0 Å². The van der Waals surface area contributed by atoms with Crippen LogP contribution in [0, 0.1) is 0 Å². The number of ether oxygens (including phenoxy) is 1. The van der Waals surface area contributed by atoms with E-state index in [9.17, 15) is 0 Å². The van der Waals surface area contributed by atoms with Gasteiger partial charge in [0, 0.05) is 11.5 Å². The van der Waals surface area contributed by atoms with Crippen molar-refractivity contribution >= 4 is 5.82 Å². The van der Waals surface area contributed by atoms with Crippen LogP contribution in [0.5, 0.6) is 5.88 Å². The third-order valence-corrected chi connectivity index (χ3v) is 2.32. The molecular formula is C13H22N4O. The number of hydrogen-bond donors (Lipinski definition) is 2. The van der Waals surface area contributed by atoms with Gasteiger partial charge in [-0.15, -0.1) is 6.58 Å². The molecule has 0 radical (unpaired) electrons. The predicted molar refractivity (Wildman–Crippen MR) is 73.5 cm³/mol. The standard InChI is InChI=1S/C13H22N4O/c1-5-6-7-8-18-11-9-10(17-14)15-12(16-11)13(2,3)4/h5,9H,1,6-8,14H2,2-4H3,(H,15,16,17). The molecule has 0 aliphatic carbocycles. The van der Waals surface area contributed by atoms with Crippen LogP contribution in [0.4, 0.5) is 5.82 Å². The number of allylic oxidation sites excluding steroid dienone is 1. The number of nitrogens with two attached hydrogens (primary N) is 1. The van der Waals surface area contributed by atoms with E-state index < -0.39 is 0 Å². The lowest BCUT2D eigenvalue weighted by molar-refractivity contribution is 0.297. The molecule has 0 bridgehead atoms. The molecule has 1 aromatic heterocycles. The second-order valence-electron chi connectivity index (χ2n) is 5.09. The molecular weight excluding hydrogens is 228 g/mol. The number of rotatable bonds is 6. The minimum atomic E-state index is -0.147. The first-order valence-corrected chi connectivity index (χ1v) is 6.07. The van der Waals surface area contributed by atoms with Gasteiger partial charge in [-0.1, -0.05) is 26.8 Å². The highest BCUT2D eigenvalue weighted by Crippen LogP contribution is 2.22. The number of nitrogens with zero attached hydrogens (tertiary/aromatic N) is 2. The monoisotopic (exact) mass is 250 g/mol. The van der Waals surface area contributed by atoms with E-state index in [4.69, 9.17) is 10.6 Å². The van der Waals surface area contributed by atoms with E-state index in [2.05, 4.69) is 22.0 Å². The molecule has 18 heavy (non-hydrogen) atoms. The molecule has 0 amide bonds. The number of nitrogen functional groups attached to an aromatic ring is 1. The van der Waals surface area contributed by atoms with Crippen molar-refractivity contribution < 1.29 is 4.74 Å². The Kier molecular flexibility index (Phi) is 5.09. The summed E-state index contributed by atoms with van der Waals surface area (Å²) in [4.78, 5) is 8.72. The minimum Gasteiger partial charge on any atom is -0.478 e. The van der Waals surface area contributed by atoms with Crippen LogP contribution in [0.2, 0.25) is 0 Å². The normalized spacial score (nSPS) is 11.1. The van der Waals surface area contributed by atoms with Crippen LogP contribution < -0.4 is 16.0 Å². The average molecular weight is 250 g/mol. The molecule has 0 saturated carbocycles. The Morgan fingerprint density at radius 2 is 2.17 bits per heavy atom. The number of hydrazine groups is 1. The second kappa shape index (κ2) is 6.35. The zero-order chi connectivity index (χ0) is 13.6. The first-order chi connectivity index (χ1) is 8.47. The van der Waals surface area contributed by atoms with Crippen molar-refractivity contribution in [1.82, 2.24) is 9.97 Å². The molecule has 0 saturated heterocycles. The maximum Gasteiger partial charge on any atom is 0.218 e. The van der Waals surface area contributed by atoms with Gasteiger partial charge in [0.1, 0.15) is 11.6 Å². The van der Waals surface area contributed by atoms with Crippen molar-refractivity contribution in [3.63, 3.8) is 0 Å². The summed E-state index contributed by atoms with van der Waals surface area (Å²) in [6.45, 7) is 10.4. The topological polar surface area (TPSA) is 73.1 Å². The van der Waals surface area contributed by atoms with E-state index in [0.717, 1.165) is 12.8 Å². The van der Waals surface area contributed by atoms with Gasteiger partial charge in [-0.05, 0) is 12.8 Å². The Hall–Kier alpha value is -1.62. The first kappa shape index (κ1) is 14.4. The highest BCUT2D eigenvalue weighted by Gasteiger charge is 2.19. The average Bonchev–Trinajstić information content (AvgIpc) is 2.33. The summed E-state index contributed by atoms with van der Waals surface area (Å²) in [5.74, 6) is 7.22. The molecule has 5 nitrogen and oxygen atoms in total. The van der Waals surface area contributed by atoms with Crippen LogP contribution in [0.15, 0.2) is 18.7 Å². The number of nitrogens with one attached hydrogen (secondary N) is 1. The lowest BCUT2D eigenvalue weighted by atomic mass is 9.96. The maximum absolute atomic E-state index is 5.59. The molecule has 0 fully saturated rings. The van der Waals surface area contributed by atoms with Crippen LogP contribution in [0.3, 0.4) is 0 Å². The Labute approximate surface area is 108 Å². The van der Waals surface area contributed by atoms with Crippen molar-refractivity contribution in [1.29, 1.82) is 0 Å². The summed E-state index contributed by atoms with van der Waals surface area (Å²) < 4.78 is 5.59. The highest BCUT2D eigenvalue weighted by molar-refractivity contribution is 5.37. The van der Waals surface area contributed by atoms with Gasteiger partial charge >= 0.3 is 0 Å². The summed E-state index contributed by atoms with van der Waals surface area (Å²) in [5.41, 5.74) is 2.39. The molecule has 100 valence electrons. The van der Waals surface area contributed by atoms with E-state index in [0.29, 0.717) is 24.1 Å². The predicted octanol–water partition coefficient (Wildman–Crippen LogP) is 2.40. The van der Waals surface area contributed by atoms with E-state index >= 15 is 0 Å². The summed E-state index contributed by atoms with van der Waals surface area (Å²) in [5, 5.41) is 0. The van der Waals surface area contributed by atoms with Gasteiger partial charge in [0.05, 0.1) is 6.61 Å². The van der Waals surface area contributed by atoms with E-state index in [1.54, 1.807) is 6.07 Å². The van der Waals surface area contributed by atoms with E-state index in [-0.39, 0.29) is 5.41 Å².